The fourth-order valence-electron chi connectivity index (χ4n) is 0.878. The molecule has 1 aromatic rings. The van der Waals surface area contributed by atoms with Crippen LogP contribution in [0.2, 0.25) is 5.02 Å². The number of hydrogen-bond donors (Lipinski definition) is 1. The highest BCUT2D eigenvalue weighted by Crippen LogP contribution is 2.16. The third kappa shape index (κ3) is 2.74. The molecular weight excluding hydrogens is 186 g/mol. The largest absolute Gasteiger partial charge is 0.355 e. The van der Waals surface area contributed by atoms with Crippen molar-refractivity contribution in [3.8, 4) is 0 Å². The van der Waals surface area contributed by atoms with E-state index >= 15 is 0 Å². The summed E-state index contributed by atoms with van der Waals surface area (Å²) in [5, 5.41) is 3.15. The molecule has 0 aromatic heterocycles. The number of carbonyl (C=O) groups excluding carboxylic acids is 1. The van der Waals surface area contributed by atoms with Gasteiger partial charge in [-0.05, 0) is 24.6 Å². The zero-order valence-corrected chi connectivity index (χ0v) is 7.77. The minimum absolute atomic E-state index is 0. The lowest BCUT2D eigenvalue weighted by Gasteiger charge is -2.01. The van der Waals surface area contributed by atoms with Crippen LogP contribution in [-0.2, 0) is 0 Å². The van der Waals surface area contributed by atoms with Crippen molar-refractivity contribution in [1.29, 1.82) is 0 Å². The molecule has 2 nitrogen and oxygen atoms in total. The molecule has 0 aliphatic rings. The number of halogens is 1. The second kappa shape index (κ2) is 4.87. The molecule has 1 aromatic carbocycles. The Bertz CT molecular complexity index is 310. The smallest absolute Gasteiger partial charge is 0.251 e. The van der Waals surface area contributed by atoms with Crippen LogP contribution in [-0.4, -0.2) is 13.0 Å². The first-order chi connectivity index (χ1) is 5.65. The molecular formula is C10H14ClNO. The maximum atomic E-state index is 11.1. The highest BCUT2D eigenvalue weighted by molar-refractivity contribution is 6.31. The van der Waals surface area contributed by atoms with Crippen molar-refractivity contribution in [1.82, 2.24) is 5.32 Å². The Morgan fingerprint density at radius 2 is 2.08 bits per heavy atom. The summed E-state index contributed by atoms with van der Waals surface area (Å²) in [5.41, 5.74) is 1.57. The van der Waals surface area contributed by atoms with Gasteiger partial charge >= 0.3 is 0 Å². The summed E-state index contributed by atoms with van der Waals surface area (Å²) in [5.74, 6) is -0.114. The van der Waals surface area contributed by atoms with E-state index in [1.165, 1.54) is 0 Å². The van der Waals surface area contributed by atoms with Crippen molar-refractivity contribution < 1.29 is 4.79 Å². The average molecular weight is 200 g/mol. The van der Waals surface area contributed by atoms with E-state index in [9.17, 15) is 4.79 Å². The van der Waals surface area contributed by atoms with E-state index in [0.29, 0.717) is 10.6 Å². The summed E-state index contributed by atoms with van der Waals surface area (Å²) < 4.78 is 0. The van der Waals surface area contributed by atoms with Crippen molar-refractivity contribution in [2.45, 2.75) is 14.4 Å². The fraction of sp³-hybridized carbons (Fsp3) is 0.300. The lowest BCUT2D eigenvalue weighted by Crippen LogP contribution is -2.17. The molecule has 0 heterocycles. The van der Waals surface area contributed by atoms with Crippen molar-refractivity contribution in [3.63, 3.8) is 0 Å². The number of benzene rings is 1. The van der Waals surface area contributed by atoms with Gasteiger partial charge in [0.15, 0.2) is 0 Å². The van der Waals surface area contributed by atoms with Crippen LogP contribution in [0.15, 0.2) is 18.2 Å². The third-order valence-corrected chi connectivity index (χ3v) is 2.07. The molecule has 13 heavy (non-hydrogen) atoms. The quantitative estimate of drug-likeness (QED) is 0.740. The number of carbonyl (C=O) groups is 1. The molecule has 1 rings (SSSR count). The van der Waals surface area contributed by atoms with E-state index in [0.717, 1.165) is 5.56 Å². The molecule has 0 unspecified atom stereocenters. The fourth-order valence-corrected chi connectivity index (χ4v) is 1.06. The third-order valence-electron chi connectivity index (χ3n) is 1.66. The summed E-state index contributed by atoms with van der Waals surface area (Å²) in [7, 11) is 1.59. The van der Waals surface area contributed by atoms with Gasteiger partial charge in [-0.2, -0.15) is 0 Å². The SMILES string of the molecule is C.CNC(=O)c1ccc(C)c(Cl)c1. The zero-order chi connectivity index (χ0) is 9.14. The number of amides is 1. The van der Waals surface area contributed by atoms with Gasteiger partial charge in [0.25, 0.3) is 5.91 Å². The summed E-state index contributed by atoms with van der Waals surface area (Å²) in [6.45, 7) is 1.90. The van der Waals surface area contributed by atoms with Crippen molar-refractivity contribution in [2.75, 3.05) is 7.05 Å². The molecule has 72 valence electrons. The number of rotatable bonds is 1. The molecule has 0 bridgehead atoms. The maximum Gasteiger partial charge on any atom is 0.251 e. The standard InChI is InChI=1S/C9H10ClNO.CH4/c1-6-3-4-7(5-8(6)10)9(12)11-2;/h3-5H,1-2H3,(H,11,12);1H4. The summed E-state index contributed by atoms with van der Waals surface area (Å²) in [6.07, 6.45) is 0. The Morgan fingerprint density at radius 3 is 2.54 bits per heavy atom. The molecule has 3 heteroatoms. The molecule has 0 fully saturated rings. The van der Waals surface area contributed by atoms with E-state index in [1.54, 1.807) is 19.2 Å². The van der Waals surface area contributed by atoms with Crippen LogP contribution in [0.25, 0.3) is 0 Å². The van der Waals surface area contributed by atoms with Gasteiger partial charge in [0, 0.05) is 17.6 Å². The minimum atomic E-state index is -0.114. The minimum Gasteiger partial charge on any atom is -0.355 e. The number of aryl methyl sites for hydroxylation is 1. The summed E-state index contributed by atoms with van der Waals surface area (Å²) in [4.78, 5) is 11.1. The van der Waals surface area contributed by atoms with Crippen LogP contribution in [0.1, 0.15) is 23.3 Å². The molecule has 0 spiro atoms. The highest BCUT2D eigenvalue weighted by Gasteiger charge is 2.03. The first-order valence-corrected chi connectivity index (χ1v) is 4.01. The lowest BCUT2D eigenvalue weighted by atomic mass is 10.1. The second-order valence-corrected chi connectivity index (χ2v) is 2.95. The monoisotopic (exact) mass is 199 g/mol. The van der Waals surface area contributed by atoms with Crippen LogP contribution in [0.3, 0.4) is 0 Å². The van der Waals surface area contributed by atoms with E-state index in [4.69, 9.17) is 11.6 Å². The van der Waals surface area contributed by atoms with Crippen LogP contribution in [0.5, 0.6) is 0 Å². The predicted octanol–water partition coefficient (Wildman–Crippen LogP) is 2.64. The van der Waals surface area contributed by atoms with Crippen molar-refractivity contribution >= 4 is 17.5 Å². The number of nitrogens with one attached hydrogen (secondary N) is 1. The first kappa shape index (κ1) is 12.0. The second-order valence-electron chi connectivity index (χ2n) is 2.54. The van der Waals surface area contributed by atoms with E-state index in [1.807, 2.05) is 13.0 Å². The van der Waals surface area contributed by atoms with Crippen LogP contribution in [0.4, 0.5) is 0 Å². The van der Waals surface area contributed by atoms with Gasteiger partial charge in [0.2, 0.25) is 0 Å². The van der Waals surface area contributed by atoms with Crippen molar-refractivity contribution in [3.05, 3.63) is 34.3 Å². The molecule has 0 saturated carbocycles. The normalized spacial score (nSPS) is 8.85. The predicted molar refractivity (Wildman–Crippen MR) is 56.3 cm³/mol. The van der Waals surface area contributed by atoms with Crippen LogP contribution >= 0.6 is 11.6 Å². The lowest BCUT2D eigenvalue weighted by molar-refractivity contribution is 0.0963. The van der Waals surface area contributed by atoms with Gasteiger partial charge in [0.1, 0.15) is 0 Å². The average Bonchev–Trinajstić information content (AvgIpc) is 2.08. The zero-order valence-electron chi connectivity index (χ0n) is 7.02. The summed E-state index contributed by atoms with van der Waals surface area (Å²) in [6, 6.07) is 5.24. The molecule has 0 atom stereocenters. The molecule has 0 radical (unpaired) electrons. The van der Waals surface area contributed by atoms with Gasteiger partial charge in [-0.25, -0.2) is 0 Å². The van der Waals surface area contributed by atoms with E-state index < -0.39 is 0 Å². The van der Waals surface area contributed by atoms with Crippen LogP contribution < -0.4 is 5.32 Å². The van der Waals surface area contributed by atoms with E-state index in [2.05, 4.69) is 5.32 Å². The first-order valence-electron chi connectivity index (χ1n) is 3.63. The Hall–Kier alpha value is -1.02. The molecule has 0 aliphatic carbocycles. The Balaban J connectivity index is 0.00000144. The molecule has 0 saturated heterocycles. The van der Waals surface area contributed by atoms with Gasteiger partial charge in [-0.15, -0.1) is 0 Å². The number of hydrogen-bond acceptors (Lipinski definition) is 1. The highest BCUT2D eigenvalue weighted by atomic mass is 35.5. The van der Waals surface area contributed by atoms with Gasteiger partial charge in [0.05, 0.1) is 0 Å². The van der Waals surface area contributed by atoms with Gasteiger partial charge in [-0.3, -0.25) is 4.79 Å². The Morgan fingerprint density at radius 1 is 1.46 bits per heavy atom. The molecule has 1 amide bonds. The molecule has 0 aliphatic heterocycles. The van der Waals surface area contributed by atoms with Gasteiger partial charge in [-0.1, -0.05) is 25.1 Å². The van der Waals surface area contributed by atoms with Crippen LogP contribution in [0, 0.1) is 6.92 Å². The molecule has 1 N–H and O–H groups in total. The Kier molecular flexibility index (Phi) is 4.49. The Labute approximate surface area is 83.9 Å². The maximum absolute atomic E-state index is 11.1. The summed E-state index contributed by atoms with van der Waals surface area (Å²) >= 11 is 5.83. The van der Waals surface area contributed by atoms with E-state index in [-0.39, 0.29) is 13.3 Å². The topological polar surface area (TPSA) is 29.1 Å². The van der Waals surface area contributed by atoms with Crippen molar-refractivity contribution in [2.24, 2.45) is 0 Å². The van der Waals surface area contributed by atoms with Gasteiger partial charge < -0.3 is 5.32 Å².